The molecule has 2 N–H and O–H groups in total. The number of methoxy groups -OCH3 is 1. The molecule has 0 bridgehead atoms. The molecule has 1 heterocycles. The van der Waals surface area contributed by atoms with Crippen LogP contribution in [0.3, 0.4) is 0 Å². The first-order valence-corrected chi connectivity index (χ1v) is 5.88. The molecule has 0 saturated heterocycles. The van der Waals surface area contributed by atoms with Gasteiger partial charge in [0, 0.05) is 24.8 Å². The van der Waals surface area contributed by atoms with E-state index >= 15 is 0 Å². The minimum atomic E-state index is 0.672. The molecule has 3 heteroatoms. The van der Waals surface area contributed by atoms with Gasteiger partial charge in [0.2, 0.25) is 0 Å². The van der Waals surface area contributed by atoms with E-state index in [1.807, 2.05) is 0 Å². The molecule has 0 aliphatic carbocycles. The van der Waals surface area contributed by atoms with E-state index in [1.165, 1.54) is 23.2 Å². The van der Waals surface area contributed by atoms with E-state index < -0.39 is 0 Å². The van der Waals surface area contributed by atoms with Gasteiger partial charge in [-0.25, -0.2) is 0 Å². The first-order valence-electron chi connectivity index (χ1n) is 5.88. The van der Waals surface area contributed by atoms with E-state index in [0.717, 1.165) is 25.1 Å². The van der Waals surface area contributed by atoms with E-state index in [4.69, 9.17) is 10.5 Å². The average molecular weight is 220 g/mol. The van der Waals surface area contributed by atoms with E-state index in [0.29, 0.717) is 6.54 Å². The molecular formula is C13H20N2O. The lowest BCUT2D eigenvalue weighted by atomic mass is 9.97. The van der Waals surface area contributed by atoms with Crippen LogP contribution in [-0.2, 0) is 12.8 Å². The fourth-order valence-electron chi connectivity index (χ4n) is 2.49. The first kappa shape index (κ1) is 11.3. The maximum atomic E-state index is 5.62. The number of benzene rings is 1. The van der Waals surface area contributed by atoms with Gasteiger partial charge in [-0.05, 0) is 37.4 Å². The average Bonchev–Trinajstić information content (AvgIpc) is 2.29. The molecule has 1 aromatic carbocycles. The molecule has 0 atom stereocenters. The van der Waals surface area contributed by atoms with Crippen LogP contribution in [0, 0.1) is 0 Å². The lowest BCUT2D eigenvalue weighted by Gasteiger charge is -2.29. The predicted octanol–water partition coefficient (Wildman–Crippen LogP) is 1.58. The first-order chi connectivity index (χ1) is 7.77. The van der Waals surface area contributed by atoms with Gasteiger partial charge in [0.15, 0.2) is 0 Å². The van der Waals surface area contributed by atoms with Crippen molar-refractivity contribution < 1.29 is 4.74 Å². The van der Waals surface area contributed by atoms with Gasteiger partial charge in [0.25, 0.3) is 0 Å². The Morgan fingerprint density at radius 2 is 2.25 bits per heavy atom. The lowest BCUT2D eigenvalue weighted by Crippen LogP contribution is -2.25. The Morgan fingerprint density at radius 1 is 1.44 bits per heavy atom. The molecule has 0 unspecified atom stereocenters. The largest absolute Gasteiger partial charge is 0.496 e. The summed E-state index contributed by atoms with van der Waals surface area (Å²) in [5.41, 5.74) is 9.52. The number of nitrogens with zero attached hydrogens (tertiary/aromatic N) is 1. The highest BCUT2D eigenvalue weighted by Gasteiger charge is 2.19. The Labute approximate surface area is 97.2 Å². The Kier molecular flexibility index (Phi) is 3.34. The standard InChI is InChI=1S/C13H20N2O/c1-15-9-3-4-11-12(15)6-5-10(7-8-14)13(11)16-2/h5-6H,3-4,7-9,14H2,1-2H3. The molecule has 1 aromatic rings. The molecule has 1 aliphatic heterocycles. The van der Waals surface area contributed by atoms with Gasteiger partial charge in [-0.1, -0.05) is 6.07 Å². The summed E-state index contributed by atoms with van der Waals surface area (Å²) in [5.74, 6) is 1.05. The van der Waals surface area contributed by atoms with Gasteiger partial charge < -0.3 is 15.4 Å². The number of rotatable bonds is 3. The van der Waals surface area contributed by atoms with Gasteiger partial charge in [0.1, 0.15) is 5.75 Å². The van der Waals surface area contributed by atoms with E-state index in [9.17, 15) is 0 Å². The second kappa shape index (κ2) is 4.74. The van der Waals surface area contributed by atoms with Gasteiger partial charge >= 0.3 is 0 Å². The number of ether oxygens (including phenoxy) is 1. The third-order valence-electron chi connectivity index (χ3n) is 3.27. The van der Waals surface area contributed by atoms with Crippen LogP contribution in [0.2, 0.25) is 0 Å². The molecule has 0 radical (unpaired) electrons. The van der Waals surface area contributed by atoms with Crippen molar-refractivity contribution in [2.45, 2.75) is 19.3 Å². The van der Waals surface area contributed by atoms with Crippen LogP contribution >= 0.6 is 0 Å². The van der Waals surface area contributed by atoms with Crippen molar-refractivity contribution in [3.8, 4) is 5.75 Å². The van der Waals surface area contributed by atoms with Crippen LogP contribution in [0.15, 0.2) is 12.1 Å². The minimum Gasteiger partial charge on any atom is -0.496 e. The summed E-state index contributed by atoms with van der Waals surface area (Å²) in [5, 5.41) is 0. The Hall–Kier alpha value is -1.22. The highest BCUT2D eigenvalue weighted by Crippen LogP contribution is 2.36. The zero-order valence-corrected chi connectivity index (χ0v) is 10.1. The molecule has 0 aromatic heterocycles. The normalized spacial score (nSPS) is 14.8. The van der Waals surface area contributed by atoms with Crippen molar-refractivity contribution in [1.29, 1.82) is 0 Å². The molecular weight excluding hydrogens is 200 g/mol. The SMILES string of the molecule is COc1c(CCN)ccc2c1CCCN2C. The van der Waals surface area contributed by atoms with Crippen LogP contribution in [-0.4, -0.2) is 27.2 Å². The van der Waals surface area contributed by atoms with Crippen LogP contribution in [0.1, 0.15) is 17.5 Å². The smallest absolute Gasteiger partial charge is 0.127 e. The Morgan fingerprint density at radius 3 is 2.94 bits per heavy atom. The maximum absolute atomic E-state index is 5.62. The molecule has 16 heavy (non-hydrogen) atoms. The second-order valence-electron chi connectivity index (χ2n) is 4.32. The predicted molar refractivity (Wildman–Crippen MR) is 67.3 cm³/mol. The molecule has 3 nitrogen and oxygen atoms in total. The zero-order chi connectivity index (χ0) is 11.5. The highest BCUT2D eigenvalue weighted by atomic mass is 16.5. The van der Waals surface area contributed by atoms with Gasteiger partial charge in [-0.2, -0.15) is 0 Å². The molecule has 0 spiro atoms. The molecule has 0 fully saturated rings. The van der Waals surface area contributed by atoms with Crippen LogP contribution in [0.25, 0.3) is 0 Å². The van der Waals surface area contributed by atoms with Crippen molar-refractivity contribution in [1.82, 2.24) is 0 Å². The van der Waals surface area contributed by atoms with Crippen molar-refractivity contribution in [2.24, 2.45) is 5.73 Å². The fourth-order valence-corrected chi connectivity index (χ4v) is 2.49. The Balaban J connectivity index is 2.46. The summed E-state index contributed by atoms with van der Waals surface area (Å²) < 4.78 is 5.56. The number of anilines is 1. The molecule has 0 amide bonds. The third kappa shape index (κ3) is 1.87. The highest BCUT2D eigenvalue weighted by molar-refractivity contribution is 5.63. The number of nitrogens with two attached hydrogens (primary N) is 1. The number of fused-ring (bicyclic) bond motifs is 1. The molecule has 1 aliphatic rings. The van der Waals surface area contributed by atoms with Crippen molar-refractivity contribution in [3.63, 3.8) is 0 Å². The summed E-state index contributed by atoms with van der Waals surface area (Å²) >= 11 is 0. The summed E-state index contributed by atoms with van der Waals surface area (Å²) in [7, 11) is 3.89. The summed E-state index contributed by atoms with van der Waals surface area (Å²) in [4.78, 5) is 2.30. The minimum absolute atomic E-state index is 0.672. The second-order valence-corrected chi connectivity index (χ2v) is 4.32. The van der Waals surface area contributed by atoms with Gasteiger partial charge in [-0.3, -0.25) is 0 Å². The zero-order valence-electron chi connectivity index (χ0n) is 10.1. The topological polar surface area (TPSA) is 38.5 Å². The van der Waals surface area contributed by atoms with Crippen LogP contribution in [0.4, 0.5) is 5.69 Å². The molecule has 88 valence electrons. The summed E-state index contributed by atoms with van der Waals surface area (Å²) in [6.45, 7) is 1.80. The van der Waals surface area contributed by atoms with E-state index in [2.05, 4.69) is 24.1 Å². The Bertz CT molecular complexity index is 376. The summed E-state index contributed by atoms with van der Waals surface area (Å²) in [6, 6.07) is 4.34. The van der Waals surface area contributed by atoms with E-state index in [1.54, 1.807) is 7.11 Å². The number of hydrogen-bond acceptors (Lipinski definition) is 3. The molecule has 0 saturated carbocycles. The van der Waals surface area contributed by atoms with Crippen molar-refractivity contribution in [3.05, 3.63) is 23.3 Å². The van der Waals surface area contributed by atoms with Crippen molar-refractivity contribution in [2.75, 3.05) is 32.1 Å². The monoisotopic (exact) mass is 220 g/mol. The van der Waals surface area contributed by atoms with E-state index in [-0.39, 0.29) is 0 Å². The van der Waals surface area contributed by atoms with Gasteiger partial charge in [-0.15, -0.1) is 0 Å². The van der Waals surface area contributed by atoms with Crippen molar-refractivity contribution >= 4 is 5.69 Å². The van der Waals surface area contributed by atoms with Crippen LogP contribution in [0.5, 0.6) is 5.75 Å². The lowest BCUT2D eigenvalue weighted by molar-refractivity contribution is 0.403. The van der Waals surface area contributed by atoms with Gasteiger partial charge in [0.05, 0.1) is 7.11 Å². The fraction of sp³-hybridized carbons (Fsp3) is 0.538. The third-order valence-corrected chi connectivity index (χ3v) is 3.27. The quantitative estimate of drug-likeness (QED) is 0.840. The molecule has 2 rings (SSSR count). The maximum Gasteiger partial charge on any atom is 0.127 e. The number of hydrogen-bond donors (Lipinski definition) is 1. The summed E-state index contributed by atoms with van der Waals surface area (Å²) in [6.07, 6.45) is 3.20. The van der Waals surface area contributed by atoms with Crippen LogP contribution < -0.4 is 15.4 Å².